The molecule has 1 atom stereocenters. The van der Waals surface area contributed by atoms with E-state index in [4.69, 9.17) is 5.11 Å². The van der Waals surface area contributed by atoms with Gasteiger partial charge in [0, 0.05) is 17.5 Å². The molecule has 0 spiro atoms. The topological polar surface area (TPSA) is 49.3 Å². The molecule has 0 aliphatic heterocycles. The van der Waals surface area contributed by atoms with Crippen molar-refractivity contribution in [2.45, 2.75) is 33.4 Å². The van der Waals surface area contributed by atoms with Gasteiger partial charge in [-0.25, -0.2) is 4.79 Å². The monoisotopic (exact) mass is 289 g/mol. The van der Waals surface area contributed by atoms with Crippen molar-refractivity contribution in [1.82, 2.24) is 5.32 Å². The highest BCUT2D eigenvalue weighted by Crippen LogP contribution is 2.22. The van der Waals surface area contributed by atoms with E-state index in [0.717, 1.165) is 10.4 Å². The summed E-state index contributed by atoms with van der Waals surface area (Å²) in [7, 11) is 0. The van der Waals surface area contributed by atoms with E-state index in [2.05, 4.69) is 43.4 Å². The third-order valence-electron chi connectivity index (χ3n) is 3.41. The summed E-state index contributed by atoms with van der Waals surface area (Å²) in [6, 6.07) is 10.4. The van der Waals surface area contributed by atoms with Crippen LogP contribution in [0, 0.1) is 13.8 Å². The van der Waals surface area contributed by atoms with Crippen molar-refractivity contribution in [3.05, 3.63) is 56.8 Å². The average Bonchev–Trinajstić information content (AvgIpc) is 2.78. The van der Waals surface area contributed by atoms with Gasteiger partial charge in [0.15, 0.2) is 0 Å². The van der Waals surface area contributed by atoms with Crippen LogP contribution in [0.3, 0.4) is 0 Å². The molecular weight excluding hydrogens is 270 g/mol. The van der Waals surface area contributed by atoms with Crippen LogP contribution >= 0.6 is 11.3 Å². The Bertz CT molecular complexity index is 601. The smallest absolute Gasteiger partial charge is 0.345 e. The van der Waals surface area contributed by atoms with Gasteiger partial charge in [-0.2, -0.15) is 0 Å². The Morgan fingerprint density at radius 1 is 1.30 bits per heavy atom. The summed E-state index contributed by atoms with van der Waals surface area (Å²) in [6.07, 6.45) is 0. The molecule has 2 N–H and O–H groups in total. The van der Waals surface area contributed by atoms with E-state index in [1.54, 1.807) is 6.07 Å². The number of aromatic carboxylic acids is 1. The molecule has 0 amide bonds. The number of benzene rings is 1. The Labute approximate surface area is 123 Å². The van der Waals surface area contributed by atoms with Gasteiger partial charge in [0.1, 0.15) is 4.88 Å². The lowest BCUT2D eigenvalue weighted by Gasteiger charge is -2.14. The molecule has 3 nitrogen and oxygen atoms in total. The van der Waals surface area contributed by atoms with Crippen LogP contribution in [0.5, 0.6) is 0 Å². The number of hydrogen-bond acceptors (Lipinski definition) is 3. The Morgan fingerprint density at radius 2 is 1.95 bits per heavy atom. The second kappa shape index (κ2) is 6.20. The lowest BCUT2D eigenvalue weighted by atomic mass is 10.1. The second-order valence-electron chi connectivity index (χ2n) is 5.01. The van der Waals surface area contributed by atoms with E-state index >= 15 is 0 Å². The maximum atomic E-state index is 10.9. The van der Waals surface area contributed by atoms with Crippen molar-refractivity contribution in [3.63, 3.8) is 0 Å². The van der Waals surface area contributed by atoms with Gasteiger partial charge in [-0.05, 0) is 38.0 Å². The summed E-state index contributed by atoms with van der Waals surface area (Å²) in [5.41, 5.74) is 3.55. The minimum Gasteiger partial charge on any atom is -0.477 e. The molecule has 2 aromatic rings. The highest BCUT2D eigenvalue weighted by atomic mass is 32.1. The largest absolute Gasteiger partial charge is 0.477 e. The standard InChI is InChI=1S/C16H19NO2S/c1-10-4-6-13(7-5-10)11(2)17-9-14-8-15(16(18)19)20-12(14)3/h4-8,11,17H,9H2,1-3H3,(H,18,19). The van der Waals surface area contributed by atoms with Crippen molar-refractivity contribution in [1.29, 1.82) is 0 Å². The number of nitrogens with one attached hydrogen (secondary N) is 1. The minimum absolute atomic E-state index is 0.239. The molecule has 1 aromatic carbocycles. The fourth-order valence-corrected chi connectivity index (χ4v) is 2.92. The summed E-state index contributed by atoms with van der Waals surface area (Å²) in [6.45, 7) is 6.84. The Morgan fingerprint density at radius 3 is 2.50 bits per heavy atom. The van der Waals surface area contributed by atoms with E-state index < -0.39 is 5.97 Å². The molecule has 0 saturated heterocycles. The van der Waals surface area contributed by atoms with Crippen molar-refractivity contribution in [2.75, 3.05) is 0 Å². The zero-order valence-corrected chi connectivity index (χ0v) is 12.8. The molecule has 0 aliphatic rings. The number of carboxylic acids is 1. The van der Waals surface area contributed by atoms with Gasteiger partial charge in [0.05, 0.1) is 0 Å². The first-order valence-corrected chi connectivity index (χ1v) is 7.41. The lowest BCUT2D eigenvalue weighted by Crippen LogP contribution is -2.18. The maximum absolute atomic E-state index is 10.9. The van der Waals surface area contributed by atoms with Crippen LogP contribution < -0.4 is 5.32 Å². The molecule has 1 heterocycles. The summed E-state index contributed by atoms with van der Waals surface area (Å²) in [5, 5.41) is 12.4. The normalized spacial score (nSPS) is 12.3. The first kappa shape index (κ1) is 14.8. The quantitative estimate of drug-likeness (QED) is 0.877. The van der Waals surface area contributed by atoms with Crippen LogP contribution in [0.1, 0.15) is 44.2 Å². The fraction of sp³-hybridized carbons (Fsp3) is 0.312. The molecule has 20 heavy (non-hydrogen) atoms. The molecule has 0 radical (unpaired) electrons. The third-order valence-corrected chi connectivity index (χ3v) is 4.49. The predicted octanol–water partition coefficient (Wildman–Crippen LogP) is 3.91. The van der Waals surface area contributed by atoms with Gasteiger partial charge in [-0.3, -0.25) is 0 Å². The molecule has 4 heteroatoms. The molecule has 0 fully saturated rings. The zero-order chi connectivity index (χ0) is 14.7. The van der Waals surface area contributed by atoms with E-state index in [1.165, 1.54) is 22.5 Å². The highest BCUT2D eigenvalue weighted by Gasteiger charge is 2.12. The molecular formula is C16H19NO2S. The van der Waals surface area contributed by atoms with Crippen molar-refractivity contribution >= 4 is 17.3 Å². The third kappa shape index (κ3) is 3.46. The van der Waals surface area contributed by atoms with Crippen molar-refractivity contribution < 1.29 is 9.90 Å². The summed E-state index contributed by atoms with van der Waals surface area (Å²) in [5.74, 6) is -0.851. The van der Waals surface area contributed by atoms with Crippen LogP contribution in [-0.4, -0.2) is 11.1 Å². The zero-order valence-electron chi connectivity index (χ0n) is 11.9. The summed E-state index contributed by atoms with van der Waals surface area (Å²) in [4.78, 5) is 12.4. The molecule has 1 aromatic heterocycles. The summed E-state index contributed by atoms with van der Waals surface area (Å²) < 4.78 is 0. The van der Waals surface area contributed by atoms with Crippen LogP contribution in [0.25, 0.3) is 0 Å². The fourth-order valence-electron chi connectivity index (χ4n) is 2.04. The summed E-state index contributed by atoms with van der Waals surface area (Å²) >= 11 is 1.33. The van der Waals surface area contributed by atoms with Crippen LogP contribution in [0.15, 0.2) is 30.3 Å². The molecule has 1 unspecified atom stereocenters. The molecule has 0 saturated carbocycles. The molecule has 0 bridgehead atoms. The Balaban J connectivity index is 2.01. The first-order chi connectivity index (χ1) is 9.47. The molecule has 0 aliphatic carbocycles. The number of rotatable bonds is 5. The van der Waals surface area contributed by atoms with E-state index in [0.29, 0.717) is 11.4 Å². The number of carboxylic acid groups (broad SMARTS) is 1. The van der Waals surface area contributed by atoms with Gasteiger partial charge in [-0.1, -0.05) is 29.8 Å². The lowest BCUT2D eigenvalue weighted by molar-refractivity contribution is 0.0702. The highest BCUT2D eigenvalue weighted by molar-refractivity contribution is 7.14. The van der Waals surface area contributed by atoms with Gasteiger partial charge < -0.3 is 10.4 Å². The van der Waals surface area contributed by atoms with Gasteiger partial charge in [0.2, 0.25) is 0 Å². The average molecular weight is 289 g/mol. The minimum atomic E-state index is -0.851. The Kier molecular flexibility index (Phi) is 4.57. The van der Waals surface area contributed by atoms with Gasteiger partial charge >= 0.3 is 5.97 Å². The molecule has 106 valence electrons. The maximum Gasteiger partial charge on any atom is 0.345 e. The van der Waals surface area contributed by atoms with Crippen LogP contribution in [-0.2, 0) is 6.54 Å². The SMILES string of the molecule is Cc1ccc(C(C)NCc2cc(C(=O)O)sc2C)cc1. The second-order valence-corrected chi connectivity index (χ2v) is 6.27. The van der Waals surface area contributed by atoms with E-state index in [9.17, 15) is 4.79 Å². The van der Waals surface area contributed by atoms with E-state index in [1.807, 2.05) is 6.92 Å². The first-order valence-electron chi connectivity index (χ1n) is 6.60. The van der Waals surface area contributed by atoms with Crippen molar-refractivity contribution in [2.24, 2.45) is 0 Å². The number of thiophene rings is 1. The Hall–Kier alpha value is -1.65. The van der Waals surface area contributed by atoms with Gasteiger partial charge in [-0.15, -0.1) is 11.3 Å². The van der Waals surface area contributed by atoms with Crippen molar-refractivity contribution in [3.8, 4) is 0 Å². The molecule has 2 rings (SSSR count). The van der Waals surface area contributed by atoms with E-state index in [-0.39, 0.29) is 6.04 Å². The predicted molar refractivity (Wildman–Crippen MR) is 82.4 cm³/mol. The van der Waals surface area contributed by atoms with Crippen LogP contribution in [0.2, 0.25) is 0 Å². The van der Waals surface area contributed by atoms with Crippen LogP contribution in [0.4, 0.5) is 0 Å². The number of carbonyl (C=O) groups is 1. The number of aryl methyl sites for hydroxylation is 2. The van der Waals surface area contributed by atoms with Gasteiger partial charge in [0.25, 0.3) is 0 Å². The number of hydrogen-bond donors (Lipinski definition) is 2.